The van der Waals surface area contributed by atoms with E-state index in [9.17, 15) is 0 Å². The minimum absolute atomic E-state index is 0.506. The minimum atomic E-state index is 0.506. The summed E-state index contributed by atoms with van der Waals surface area (Å²) in [6.07, 6.45) is 10.8. The minimum Gasteiger partial charge on any atom is -0.492 e. The first-order valence-electron chi connectivity index (χ1n) is 8.72. The first-order valence-corrected chi connectivity index (χ1v) is 8.72. The van der Waals surface area contributed by atoms with Crippen molar-refractivity contribution in [3.63, 3.8) is 0 Å². The molecule has 3 heterocycles. The van der Waals surface area contributed by atoms with Crippen molar-refractivity contribution >= 4 is 0 Å². The van der Waals surface area contributed by atoms with E-state index in [1.54, 1.807) is 12.4 Å². The standard InChI is InChI=1S/C19H23N3O2/c1-2-17(11-20-5-1)23-7-4-14-9-19(14)15-8-18(12-21-10-15)24-13-16-3-6-22-16/h1-2,5,8,10-12,14,16,19,22H,3-4,6-7,9,13H2/t14-,16-,19-/m0/s1. The number of nitrogens with zero attached hydrogens (tertiary/aromatic N) is 2. The topological polar surface area (TPSA) is 56.3 Å². The summed E-state index contributed by atoms with van der Waals surface area (Å²) in [5.74, 6) is 3.02. The molecule has 0 aromatic carbocycles. The molecular weight excluding hydrogens is 302 g/mol. The van der Waals surface area contributed by atoms with E-state index < -0.39 is 0 Å². The molecule has 2 fully saturated rings. The summed E-state index contributed by atoms with van der Waals surface area (Å²) in [4.78, 5) is 8.40. The highest BCUT2D eigenvalue weighted by molar-refractivity contribution is 5.30. The molecule has 2 aromatic heterocycles. The lowest BCUT2D eigenvalue weighted by Crippen LogP contribution is -2.46. The van der Waals surface area contributed by atoms with Gasteiger partial charge in [0.25, 0.3) is 0 Å². The number of rotatable bonds is 8. The molecule has 2 aromatic rings. The van der Waals surface area contributed by atoms with Crippen LogP contribution in [0.1, 0.15) is 30.7 Å². The number of ether oxygens (including phenoxy) is 2. The normalized spacial score (nSPS) is 24.9. The van der Waals surface area contributed by atoms with Crippen molar-refractivity contribution in [3.05, 3.63) is 48.5 Å². The van der Waals surface area contributed by atoms with Crippen molar-refractivity contribution in [3.8, 4) is 11.5 Å². The Morgan fingerprint density at radius 3 is 2.83 bits per heavy atom. The van der Waals surface area contributed by atoms with Gasteiger partial charge in [0.2, 0.25) is 0 Å². The third-order valence-corrected chi connectivity index (χ3v) is 4.85. The molecule has 0 unspecified atom stereocenters. The van der Waals surface area contributed by atoms with E-state index in [1.807, 2.05) is 24.5 Å². The molecule has 0 amide bonds. The van der Waals surface area contributed by atoms with Crippen LogP contribution in [0, 0.1) is 5.92 Å². The lowest BCUT2D eigenvalue weighted by Gasteiger charge is -2.27. The number of hydrogen-bond donors (Lipinski definition) is 1. The van der Waals surface area contributed by atoms with E-state index in [0.717, 1.165) is 37.7 Å². The van der Waals surface area contributed by atoms with Gasteiger partial charge in [0, 0.05) is 18.4 Å². The van der Waals surface area contributed by atoms with Crippen LogP contribution in [0.3, 0.4) is 0 Å². The van der Waals surface area contributed by atoms with Gasteiger partial charge in [0.15, 0.2) is 0 Å². The van der Waals surface area contributed by atoms with Gasteiger partial charge in [-0.1, -0.05) is 0 Å². The second-order valence-electron chi connectivity index (χ2n) is 6.63. The zero-order valence-corrected chi connectivity index (χ0v) is 13.7. The lowest BCUT2D eigenvalue weighted by molar-refractivity contribution is 0.216. The maximum absolute atomic E-state index is 5.85. The van der Waals surface area contributed by atoms with Gasteiger partial charge >= 0.3 is 0 Å². The predicted octanol–water partition coefficient (Wildman–Crippen LogP) is 2.79. The fraction of sp³-hybridized carbons (Fsp3) is 0.474. The number of hydrogen-bond acceptors (Lipinski definition) is 5. The lowest BCUT2D eigenvalue weighted by atomic mass is 10.1. The highest BCUT2D eigenvalue weighted by Gasteiger charge is 2.38. The Morgan fingerprint density at radius 1 is 1.12 bits per heavy atom. The molecular formula is C19H23N3O2. The van der Waals surface area contributed by atoms with Crippen molar-refractivity contribution in [2.75, 3.05) is 19.8 Å². The Labute approximate surface area is 142 Å². The molecule has 0 bridgehead atoms. The Balaban J connectivity index is 1.23. The Morgan fingerprint density at radius 2 is 2.04 bits per heavy atom. The molecule has 2 aliphatic rings. The van der Waals surface area contributed by atoms with Gasteiger partial charge in [-0.15, -0.1) is 0 Å². The largest absolute Gasteiger partial charge is 0.492 e. The molecule has 0 spiro atoms. The second-order valence-corrected chi connectivity index (χ2v) is 6.63. The van der Waals surface area contributed by atoms with Gasteiger partial charge in [-0.2, -0.15) is 0 Å². The fourth-order valence-electron chi connectivity index (χ4n) is 3.14. The van der Waals surface area contributed by atoms with Crippen LogP contribution >= 0.6 is 0 Å². The molecule has 4 rings (SSSR count). The maximum atomic E-state index is 5.85. The number of aromatic nitrogens is 2. The van der Waals surface area contributed by atoms with Crippen molar-refractivity contribution < 1.29 is 9.47 Å². The highest BCUT2D eigenvalue weighted by Crippen LogP contribution is 2.49. The average molecular weight is 325 g/mol. The zero-order valence-electron chi connectivity index (χ0n) is 13.7. The molecule has 126 valence electrons. The first-order chi connectivity index (χ1) is 11.9. The average Bonchev–Trinajstić information content (AvgIpc) is 3.34. The number of nitrogens with one attached hydrogen (secondary N) is 1. The molecule has 1 aliphatic carbocycles. The van der Waals surface area contributed by atoms with Crippen molar-refractivity contribution in [2.45, 2.75) is 31.2 Å². The van der Waals surface area contributed by atoms with E-state index in [0.29, 0.717) is 17.9 Å². The molecule has 0 radical (unpaired) electrons. The molecule has 1 saturated heterocycles. The summed E-state index contributed by atoms with van der Waals surface area (Å²) in [5.41, 5.74) is 1.29. The molecule has 1 aliphatic heterocycles. The SMILES string of the molecule is c1cncc(OCC[C@H]2C[C@@H]2c2cncc(OC[C@@H]3CCN3)c2)c1. The molecule has 3 atom stereocenters. The van der Waals surface area contributed by atoms with E-state index in [4.69, 9.17) is 9.47 Å². The third kappa shape index (κ3) is 3.85. The monoisotopic (exact) mass is 325 g/mol. The van der Waals surface area contributed by atoms with E-state index in [2.05, 4.69) is 21.4 Å². The summed E-state index contributed by atoms with van der Waals surface area (Å²) in [6.45, 7) is 2.58. The molecule has 1 N–H and O–H groups in total. The molecule has 1 saturated carbocycles. The third-order valence-electron chi connectivity index (χ3n) is 4.85. The summed E-state index contributed by atoms with van der Waals surface area (Å²) in [7, 11) is 0. The van der Waals surface area contributed by atoms with Crippen LogP contribution in [-0.4, -0.2) is 35.8 Å². The van der Waals surface area contributed by atoms with Crippen LogP contribution in [0.5, 0.6) is 11.5 Å². The number of pyridine rings is 2. The van der Waals surface area contributed by atoms with Crippen molar-refractivity contribution in [1.29, 1.82) is 0 Å². The van der Waals surface area contributed by atoms with Gasteiger partial charge in [-0.3, -0.25) is 9.97 Å². The quantitative estimate of drug-likeness (QED) is 0.809. The molecule has 5 nitrogen and oxygen atoms in total. The Bertz CT molecular complexity index is 661. The zero-order chi connectivity index (χ0) is 16.2. The van der Waals surface area contributed by atoms with Crippen LogP contribution in [0.25, 0.3) is 0 Å². The van der Waals surface area contributed by atoms with Gasteiger partial charge in [-0.05, 0) is 61.4 Å². The first kappa shape index (κ1) is 15.4. The molecule has 5 heteroatoms. The van der Waals surface area contributed by atoms with Crippen LogP contribution < -0.4 is 14.8 Å². The van der Waals surface area contributed by atoms with Crippen LogP contribution in [0.4, 0.5) is 0 Å². The molecule has 24 heavy (non-hydrogen) atoms. The smallest absolute Gasteiger partial charge is 0.137 e. The van der Waals surface area contributed by atoms with E-state index >= 15 is 0 Å². The van der Waals surface area contributed by atoms with Crippen LogP contribution in [0.2, 0.25) is 0 Å². The maximum Gasteiger partial charge on any atom is 0.137 e. The summed E-state index contributed by atoms with van der Waals surface area (Å²) < 4.78 is 11.6. The summed E-state index contributed by atoms with van der Waals surface area (Å²) in [5, 5.41) is 3.35. The summed E-state index contributed by atoms with van der Waals surface area (Å²) in [6, 6.07) is 6.50. The second kappa shape index (κ2) is 7.18. The van der Waals surface area contributed by atoms with Crippen LogP contribution in [-0.2, 0) is 0 Å². The Kier molecular flexibility index (Phi) is 4.60. The summed E-state index contributed by atoms with van der Waals surface area (Å²) >= 11 is 0. The van der Waals surface area contributed by atoms with Gasteiger partial charge in [-0.25, -0.2) is 0 Å². The van der Waals surface area contributed by atoms with Crippen molar-refractivity contribution in [1.82, 2.24) is 15.3 Å². The van der Waals surface area contributed by atoms with E-state index in [-0.39, 0.29) is 0 Å². The van der Waals surface area contributed by atoms with Crippen molar-refractivity contribution in [2.24, 2.45) is 5.92 Å². The van der Waals surface area contributed by atoms with Gasteiger partial charge < -0.3 is 14.8 Å². The van der Waals surface area contributed by atoms with E-state index in [1.165, 1.54) is 18.4 Å². The van der Waals surface area contributed by atoms with Crippen LogP contribution in [0.15, 0.2) is 43.0 Å². The van der Waals surface area contributed by atoms with Gasteiger partial charge in [0.05, 0.1) is 19.0 Å². The highest BCUT2D eigenvalue weighted by atomic mass is 16.5. The predicted molar refractivity (Wildman–Crippen MR) is 91.3 cm³/mol. The fourth-order valence-corrected chi connectivity index (χ4v) is 3.14. The Hall–Kier alpha value is -2.14. The van der Waals surface area contributed by atoms with Gasteiger partial charge in [0.1, 0.15) is 18.1 Å².